The molecule has 1 aliphatic rings. The third kappa shape index (κ3) is 3.46. The molecule has 1 aliphatic heterocycles. The van der Waals surface area contributed by atoms with Crippen LogP contribution in [0.1, 0.15) is 16.1 Å². The van der Waals surface area contributed by atoms with Crippen LogP contribution in [0.15, 0.2) is 36.5 Å². The number of benzene rings is 1. The maximum Gasteiger partial charge on any atom is 0.338 e. The van der Waals surface area contributed by atoms with Gasteiger partial charge < -0.3 is 14.4 Å². The number of hydrogen-bond donors (Lipinski definition) is 0. The largest absolute Gasteiger partial charge is 0.456 e. The standard InChI is InChI=1S/C16H19N3O3/c1-18-7-6-14(17-18)12-22-16(20)13-2-4-15(5-3-13)19-8-10-21-11-9-19/h2-7H,8-12H2,1H3. The number of ether oxygens (including phenoxy) is 2. The summed E-state index contributed by atoms with van der Waals surface area (Å²) in [6.45, 7) is 3.43. The zero-order valence-corrected chi connectivity index (χ0v) is 12.6. The summed E-state index contributed by atoms with van der Waals surface area (Å²) in [5, 5.41) is 4.17. The van der Waals surface area contributed by atoms with Gasteiger partial charge in [-0.25, -0.2) is 4.79 Å². The highest BCUT2D eigenvalue weighted by Crippen LogP contribution is 2.17. The Labute approximate surface area is 129 Å². The number of aryl methyl sites for hydroxylation is 1. The molecule has 0 spiro atoms. The van der Waals surface area contributed by atoms with E-state index in [2.05, 4.69) is 10.00 Å². The van der Waals surface area contributed by atoms with Crippen LogP contribution in [0.3, 0.4) is 0 Å². The minimum absolute atomic E-state index is 0.185. The lowest BCUT2D eigenvalue weighted by molar-refractivity contribution is 0.0467. The molecule has 0 aliphatic carbocycles. The third-order valence-electron chi connectivity index (χ3n) is 3.60. The molecule has 3 rings (SSSR count). The van der Waals surface area contributed by atoms with Gasteiger partial charge in [-0.15, -0.1) is 0 Å². The fourth-order valence-electron chi connectivity index (χ4n) is 2.39. The highest BCUT2D eigenvalue weighted by molar-refractivity contribution is 5.89. The van der Waals surface area contributed by atoms with Gasteiger partial charge in [0.15, 0.2) is 0 Å². The molecule has 0 radical (unpaired) electrons. The van der Waals surface area contributed by atoms with Gasteiger partial charge in [-0.2, -0.15) is 5.10 Å². The summed E-state index contributed by atoms with van der Waals surface area (Å²) in [6.07, 6.45) is 1.82. The molecule has 0 N–H and O–H groups in total. The van der Waals surface area contributed by atoms with E-state index in [4.69, 9.17) is 9.47 Å². The molecule has 1 saturated heterocycles. The summed E-state index contributed by atoms with van der Waals surface area (Å²) in [7, 11) is 1.83. The van der Waals surface area contributed by atoms with Crippen LogP contribution in [0, 0.1) is 0 Å². The Kier molecular flexibility index (Phi) is 4.39. The van der Waals surface area contributed by atoms with Crippen molar-refractivity contribution in [1.82, 2.24) is 9.78 Å². The van der Waals surface area contributed by atoms with E-state index < -0.39 is 0 Å². The second kappa shape index (κ2) is 6.62. The van der Waals surface area contributed by atoms with Crippen molar-refractivity contribution >= 4 is 11.7 Å². The van der Waals surface area contributed by atoms with Crippen LogP contribution in [-0.4, -0.2) is 42.1 Å². The van der Waals surface area contributed by atoms with Gasteiger partial charge in [-0.1, -0.05) is 0 Å². The van der Waals surface area contributed by atoms with Crippen molar-refractivity contribution in [2.75, 3.05) is 31.2 Å². The average molecular weight is 301 g/mol. The summed E-state index contributed by atoms with van der Waals surface area (Å²) in [5.74, 6) is -0.334. The van der Waals surface area contributed by atoms with Gasteiger partial charge in [0.1, 0.15) is 6.61 Å². The third-order valence-corrected chi connectivity index (χ3v) is 3.60. The Bertz CT molecular complexity index is 630. The maximum atomic E-state index is 12.0. The first kappa shape index (κ1) is 14.6. The van der Waals surface area contributed by atoms with Crippen molar-refractivity contribution < 1.29 is 14.3 Å². The number of hydrogen-bond acceptors (Lipinski definition) is 5. The topological polar surface area (TPSA) is 56.6 Å². The monoisotopic (exact) mass is 301 g/mol. The van der Waals surface area contributed by atoms with E-state index >= 15 is 0 Å². The number of nitrogens with zero attached hydrogens (tertiary/aromatic N) is 3. The number of carbonyl (C=O) groups excluding carboxylic acids is 1. The van der Waals surface area contributed by atoms with E-state index in [1.807, 2.05) is 31.4 Å². The fourth-order valence-corrected chi connectivity index (χ4v) is 2.39. The number of esters is 1. The van der Waals surface area contributed by atoms with E-state index in [1.54, 1.807) is 16.8 Å². The van der Waals surface area contributed by atoms with E-state index in [0.717, 1.165) is 37.7 Å². The molecule has 6 nitrogen and oxygen atoms in total. The van der Waals surface area contributed by atoms with Gasteiger partial charge in [-0.3, -0.25) is 4.68 Å². The lowest BCUT2D eigenvalue weighted by Crippen LogP contribution is -2.36. The van der Waals surface area contributed by atoms with Gasteiger partial charge in [0, 0.05) is 32.0 Å². The summed E-state index contributed by atoms with van der Waals surface area (Å²) in [5.41, 5.74) is 2.39. The van der Waals surface area contributed by atoms with E-state index in [1.165, 1.54) is 0 Å². The van der Waals surface area contributed by atoms with Gasteiger partial charge >= 0.3 is 5.97 Å². The number of aromatic nitrogens is 2. The highest BCUT2D eigenvalue weighted by atomic mass is 16.5. The zero-order chi connectivity index (χ0) is 15.4. The predicted octanol–water partition coefficient (Wildman–Crippen LogP) is 1.61. The number of anilines is 1. The molecule has 6 heteroatoms. The Balaban J connectivity index is 1.58. The van der Waals surface area contributed by atoms with Gasteiger partial charge in [0.25, 0.3) is 0 Å². The van der Waals surface area contributed by atoms with Crippen molar-refractivity contribution in [3.63, 3.8) is 0 Å². The van der Waals surface area contributed by atoms with Gasteiger partial charge in [0.05, 0.1) is 24.5 Å². The van der Waals surface area contributed by atoms with Crippen LogP contribution in [-0.2, 0) is 23.1 Å². The lowest BCUT2D eigenvalue weighted by Gasteiger charge is -2.28. The van der Waals surface area contributed by atoms with Crippen molar-refractivity contribution in [2.45, 2.75) is 6.61 Å². The van der Waals surface area contributed by atoms with Crippen LogP contribution >= 0.6 is 0 Å². The first-order chi connectivity index (χ1) is 10.7. The first-order valence-corrected chi connectivity index (χ1v) is 7.31. The molecule has 1 aromatic heterocycles. The molecule has 116 valence electrons. The molecule has 1 fully saturated rings. The second-order valence-corrected chi connectivity index (χ2v) is 5.20. The zero-order valence-electron chi connectivity index (χ0n) is 12.6. The van der Waals surface area contributed by atoms with Crippen molar-refractivity contribution in [3.8, 4) is 0 Å². The molecule has 0 amide bonds. The molecule has 0 unspecified atom stereocenters. The highest BCUT2D eigenvalue weighted by Gasteiger charge is 2.13. The van der Waals surface area contributed by atoms with Crippen LogP contribution < -0.4 is 4.90 Å². The molecule has 22 heavy (non-hydrogen) atoms. The molecule has 1 aromatic carbocycles. The normalized spacial score (nSPS) is 14.9. The second-order valence-electron chi connectivity index (χ2n) is 5.20. The van der Waals surface area contributed by atoms with Crippen LogP contribution in [0.4, 0.5) is 5.69 Å². The van der Waals surface area contributed by atoms with E-state index in [0.29, 0.717) is 5.56 Å². The van der Waals surface area contributed by atoms with Crippen LogP contribution in [0.2, 0.25) is 0 Å². The minimum Gasteiger partial charge on any atom is -0.456 e. The fraction of sp³-hybridized carbons (Fsp3) is 0.375. The van der Waals surface area contributed by atoms with Crippen LogP contribution in [0.5, 0.6) is 0 Å². The molecule has 0 saturated carbocycles. The summed E-state index contributed by atoms with van der Waals surface area (Å²) >= 11 is 0. The number of carbonyl (C=O) groups is 1. The van der Waals surface area contributed by atoms with Crippen molar-refractivity contribution in [3.05, 3.63) is 47.8 Å². The molecule has 2 aromatic rings. The summed E-state index contributed by atoms with van der Waals surface area (Å²) < 4.78 is 12.3. The van der Waals surface area contributed by atoms with Crippen LogP contribution in [0.25, 0.3) is 0 Å². The van der Waals surface area contributed by atoms with Gasteiger partial charge in [-0.05, 0) is 30.3 Å². The Morgan fingerprint density at radius 2 is 1.95 bits per heavy atom. The number of morpholine rings is 1. The summed E-state index contributed by atoms with van der Waals surface area (Å²) in [4.78, 5) is 14.3. The predicted molar refractivity (Wildman–Crippen MR) is 81.8 cm³/mol. The lowest BCUT2D eigenvalue weighted by atomic mass is 10.2. The SMILES string of the molecule is Cn1ccc(COC(=O)c2ccc(N3CCOCC3)cc2)n1. The Morgan fingerprint density at radius 3 is 2.59 bits per heavy atom. The summed E-state index contributed by atoms with van der Waals surface area (Å²) in [6, 6.07) is 9.32. The quantitative estimate of drug-likeness (QED) is 0.803. The molecule has 0 atom stereocenters. The molecular formula is C16H19N3O3. The Hall–Kier alpha value is -2.34. The maximum absolute atomic E-state index is 12.0. The average Bonchev–Trinajstić information content (AvgIpc) is 2.99. The van der Waals surface area contributed by atoms with Gasteiger partial charge in [0.2, 0.25) is 0 Å². The minimum atomic E-state index is -0.334. The first-order valence-electron chi connectivity index (χ1n) is 7.31. The molecule has 0 bridgehead atoms. The molecular weight excluding hydrogens is 282 g/mol. The smallest absolute Gasteiger partial charge is 0.338 e. The van der Waals surface area contributed by atoms with Crippen molar-refractivity contribution in [2.24, 2.45) is 7.05 Å². The molecule has 2 heterocycles. The van der Waals surface area contributed by atoms with E-state index in [-0.39, 0.29) is 12.6 Å². The number of rotatable bonds is 4. The van der Waals surface area contributed by atoms with Crippen molar-refractivity contribution in [1.29, 1.82) is 0 Å². The Morgan fingerprint density at radius 1 is 1.23 bits per heavy atom. The van der Waals surface area contributed by atoms with E-state index in [9.17, 15) is 4.79 Å².